The first-order chi connectivity index (χ1) is 13.3. The van der Waals surface area contributed by atoms with E-state index in [9.17, 15) is 18.0 Å². The third-order valence-electron chi connectivity index (χ3n) is 4.90. The van der Waals surface area contributed by atoms with Gasteiger partial charge in [0.2, 0.25) is 10.0 Å². The number of carbonyl (C=O) groups excluding carboxylic acids is 2. The van der Waals surface area contributed by atoms with Crippen LogP contribution in [0.3, 0.4) is 0 Å². The lowest BCUT2D eigenvalue weighted by Gasteiger charge is -2.34. The molecule has 1 saturated heterocycles. The number of piperidine rings is 1. The van der Waals surface area contributed by atoms with Gasteiger partial charge in [-0.3, -0.25) is 9.59 Å². The van der Waals surface area contributed by atoms with Gasteiger partial charge < -0.3 is 10.6 Å². The van der Waals surface area contributed by atoms with E-state index in [4.69, 9.17) is 0 Å². The van der Waals surface area contributed by atoms with Crippen molar-refractivity contribution in [3.8, 4) is 0 Å². The highest BCUT2D eigenvalue weighted by molar-refractivity contribution is 7.89. The fourth-order valence-electron chi connectivity index (χ4n) is 3.29. The van der Waals surface area contributed by atoms with E-state index in [1.165, 1.54) is 0 Å². The SMILES string of the molecule is CC(C)CCNC(=O)C(=O)NCC[C@@H]1CCCCN1S(=O)(=O)c1ccccc1. The van der Waals surface area contributed by atoms with Crippen LogP contribution in [0.5, 0.6) is 0 Å². The Morgan fingerprint density at radius 2 is 1.71 bits per heavy atom. The first-order valence-corrected chi connectivity index (χ1v) is 11.4. The molecule has 1 atom stereocenters. The van der Waals surface area contributed by atoms with Gasteiger partial charge in [-0.2, -0.15) is 4.31 Å². The summed E-state index contributed by atoms with van der Waals surface area (Å²) >= 11 is 0. The first-order valence-electron chi connectivity index (χ1n) is 9.95. The molecule has 1 aliphatic heterocycles. The fourth-order valence-corrected chi connectivity index (χ4v) is 5.04. The zero-order valence-corrected chi connectivity index (χ0v) is 17.5. The molecule has 1 aliphatic rings. The smallest absolute Gasteiger partial charge is 0.309 e. The van der Waals surface area contributed by atoms with Crippen LogP contribution in [-0.4, -0.2) is 50.2 Å². The molecule has 0 bridgehead atoms. The number of hydrogen-bond acceptors (Lipinski definition) is 4. The molecule has 1 aromatic carbocycles. The molecule has 0 spiro atoms. The van der Waals surface area contributed by atoms with Crippen molar-refractivity contribution in [2.75, 3.05) is 19.6 Å². The van der Waals surface area contributed by atoms with Gasteiger partial charge in [0.15, 0.2) is 0 Å². The van der Waals surface area contributed by atoms with E-state index in [0.717, 1.165) is 25.7 Å². The van der Waals surface area contributed by atoms with Gasteiger partial charge in [-0.1, -0.05) is 38.5 Å². The molecule has 156 valence electrons. The van der Waals surface area contributed by atoms with E-state index in [-0.39, 0.29) is 17.5 Å². The molecule has 1 heterocycles. The van der Waals surface area contributed by atoms with Crippen LogP contribution in [0, 0.1) is 5.92 Å². The van der Waals surface area contributed by atoms with Crippen LogP contribution >= 0.6 is 0 Å². The zero-order valence-electron chi connectivity index (χ0n) is 16.7. The predicted molar refractivity (Wildman–Crippen MR) is 108 cm³/mol. The summed E-state index contributed by atoms with van der Waals surface area (Å²) in [4.78, 5) is 24.0. The minimum atomic E-state index is -3.56. The summed E-state index contributed by atoms with van der Waals surface area (Å²) < 4.78 is 27.4. The molecule has 0 aromatic heterocycles. The number of carbonyl (C=O) groups is 2. The lowest BCUT2D eigenvalue weighted by Crippen LogP contribution is -2.46. The van der Waals surface area contributed by atoms with Crippen molar-refractivity contribution in [2.45, 2.75) is 56.9 Å². The Bertz CT molecular complexity index is 750. The number of sulfonamides is 1. The maximum absolute atomic E-state index is 13.0. The Morgan fingerprint density at radius 3 is 2.36 bits per heavy atom. The van der Waals surface area contributed by atoms with E-state index in [0.29, 0.717) is 25.4 Å². The summed E-state index contributed by atoms with van der Waals surface area (Å²) in [5.41, 5.74) is 0. The van der Waals surface area contributed by atoms with Crippen LogP contribution in [0.15, 0.2) is 35.2 Å². The van der Waals surface area contributed by atoms with Gasteiger partial charge in [0, 0.05) is 25.7 Å². The molecule has 2 N–H and O–H groups in total. The summed E-state index contributed by atoms with van der Waals surface area (Å²) in [5.74, 6) is -0.859. The molecule has 28 heavy (non-hydrogen) atoms. The van der Waals surface area contributed by atoms with Crippen molar-refractivity contribution >= 4 is 21.8 Å². The van der Waals surface area contributed by atoms with Gasteiger partial charge in [-0.15, -0.1) is 0 Å². The summed E-state index contributed by atoms with van der Waals surface area (Å²) in [6.45, 7) is 5.31. The highest BCUT2D eigenvalue weighted by Gasteiger charge is 2.33. The minimum absolute atomic E-state index is 0.178. The molecule has 0 aliphatic carbocycles. The van der Waals surface area contributed by atoms with Gasteiger partial charge in [0.05, 0.1) is 4.90 Å². The molecular weight excluding hydrogens is 378 g/mol. The van der Waals surface area contributed by atoms with Gasteiger partial charge >= 0.3 is 11.8 Å². The third-order valence-corrected chi connectivity index (χ3v) is 6.87. The lowest BCUT2D eigenvalue weighted by molar-refractivity contribution is -0.139. The second kappa shape index (κ2) is 10.6. The first kappa shape index (κ1) is 22.4. The molecule has 8 heteroatoms. The van der Waals surface area contributed by atoms with E-state index >= 15 is 0 Å². The van der Waals surface area contributed by atoms with Crippen LogP contribution in [0.25, 0.3) is 0 Å². The quantitative estimate of drug-likeness (QED) is 0.641. The van der Waals surface area contributed by atoms with Gasteiger partial charge in [0.1, 0.15) is 0 Å². The molecule has 2 rings (SSSR count). The summed E-state index contributed by atoms with van der Waals surface area (Å²) in [6, 6.07) is 8.24. The predicted octanol–water partition coefficient (Wildman–Crippen LogP) is 1.90. The van der Waals surface area contributed by atoms with Gasteiger partial charge in [0.25, 0.3) is 0 Å². The Morgan fingerprint density at radius 1 is 1.07 bits per heavy atom. The number of rotatable bonds is 8. The van der Waals surface area contributed by atoms with Crippen molar-refractivity contribution < 1.29 is 18.0 Å². The Balaban J connectivity index is 1.88. The average Bonchev–Trinajstić information content (AvgIpc) is 2.68. The van der Waals surface area contributed by atoms with E-state index < -0.39 is 21.8 Å². The minimum Gasteiger partial charge on any atom is -0.348 e. The van der Waals surface area contributed by atoms with E-state index in [1.807, 2.05) is 13.8 Å². The van der Waals surface area contributed by atoms with Crippen LogP contribution in [-0.2, 0) is 19.6 Å². The van der Waals surface area contributed by atoms with Crippen molar-refractivity contribution in [2.24, 2.45) is 5.92 Å². The number of hydrogen-bond donors (Lipinski definition) is 2. The molecule has 7 nitrogen and oxygen atoms in total. The van der Waals surface area contributed by atoms with Crippen molar-refractivity contribution in [3.63, 3.8) is 0 Å². The molecule has 0 unspecified atom stereocenters. The van der Waals surface area contributed by atoms with Crippen molar-refractivity contribution in [1.82, 2.24) is 14.9 Å². The molecule has 1 fully saturated rings. The molecular formula is C20H31N3O4S. The second-order valence-electron chi connectivity index (χ2n) is 7.56. The third kappa shape index (κ3) is 6.31. The topological polar surface area (TPSA) is 95.6 Å². The normalized spacial score (nSPS) is 18.0. The lowest BCUT2D eigenvalue weighted by atomic mass is 10.0. The van der Waals surface area contributed by atoms with Crippen molar-refractivity contribution in [1.29, 1.82) is 0 Å². The average molecular weight is 410 g/mol. The van der Waals surface area contributed by atoms with Crippen LogP contribution in [0.4, 0.5) is 0 Å². The molecule has 0 radical (unpaired) electrons. The molecule has 1 aromatic rings. The zero-order chi connectivity index (χ0) is 20.6. The maximum Gasteiger partial charge on any atom is 0.309 e. The maximum atomic E-state index is 13.0. The number of amides is 2. The van der Waals surface area contributed by atoms with Gasteiger partial charge in [-0.05, 0) is 43.7 Å². The highest BCUT2D eigenvalue weighted by atomic mass is 32.2. The largest absolute Gasteiger partial charge is 0.348 e. The highest BCUT2D eigenvalue weighted by Crippen LogP contribution is 2.26. The number of benzene rings is 1. The fraction of sp³-hybridized carbons (Fsp3) is 0.600. The van der Waals surface area contributed by atoms with E-state index in [1.54, 1.807) is 34.6 Å². The molecule has 2 amide bonds. The summed E-state index contributed by atoms with van der Waals surface area (Å²) in [5, 5.41) is 5.21. The van der Waals surface area contributed by atoms with Crippen LogP contribution in [0.1, 0.15) is 46.0 Å². The summed E-state index contributed by atoms with van der Waals surface area (Å²) in [6.07, 6.45) is 3.83. The monoisotopic (exact) mass is 409 g/mol. The Hall–Kier alpha value is -1.93. The number of nitrogens with one attached hydrogen (secondary N) is 2. The van der Waals surface area contributed by atoms with Gasteiger partial charge in [-0.25, -0.2) is 8.42 Å². The van der Waals surface area contributed by atoms with E-state index in [2.05, 4.69) is 10.6 Å². The van der Waals surface area contributed by atoms with Crippen molar-refractivity contribution in [3.05, 3.63) is 30.3 Å². The second-order valence-corrected chi connectivity index (χ2v) is 9.45. The molecule has 0 saturated carbocycles. The Labute approximate surface area is 167 Å². The number of nitrogens with zero attached hydrogens (tertiary/aromatic N) is 1. The standard InChI is InChI=1S/C20H31N3O4S/c1-16(2)11-13-21-19(24)20(25)22-14-12-17-8-6-7-15-23(17)28(26,27)18-9-4-3-5-10-18/h3-5,9-10,16-17H,6-8,11-15H2,1-2H3,(H,21,24)(H,22,25)/t17-/m0/s1. The van der Waals surface area contributed by atoms with Crippen LogP contribution < -0.4 is 10.6 Å². The Kier molecular flexibility index (Phi) is 8.44. The van der Waals surface area contributed by atoms with Crippen LogP contribution in [0.2, 0.25) is 0 Å². The summed E-state index contributed by atoms with van der Waals surface area (Å²) in [7, 11) is -3.56.